The molecule has 2 amide bonds. The Kier molecular flexibility index (Phi) is 7.76. The number of nitrogens with one attached hydrogen (secondary N) is 2. The first-order valence-electron chi connectivity index (χ1n) is 8.48. The Morgan fingerprint density at radius 1 is 1.11 bits per heavy atom. The van der Waals surface area contributed by atoms with Crippen LogP contribution in [0.3, 0.4) is 0 Å². The van der Waals surface area contributed by atoms with Gasteiger partial charge in [0.2, 0.25) is 11.8 Å². The van der Waals surface area contributed by atoms with Crippen LogP contribution < -0.4 is 15.4 Å². The standard InChI is InChI=1S/C20H23FN2O4/c1-14(24)23-19(13-26-2)20(25)22-11-15-6-8-16(9-7-15)12-27-18-5-3-4-17(21)10-18/h3-10,19H,11-13H2,1-2H3,(H,22,25)(H,23,24). The molecule has 27 heavy (non-hydrogen) atoms. The van der Waals surface area contributed by atoms with Crippen LogP contribution in [0.2, 0.25) is 0 Å². The number of carbonyl (C=O) groups excluding carboxylic acids is 2. The second-order valence-corrected chi connectivity index (χ2v) is 5.99. The molecule has 7 heteroatoms. The molecule has 2 aromatic carbocycles. The molecular formula is C20H23FN2O4. The average Bonchev–Trinajstić information content (AvgIpc) is 2.64. The second-order valence-electron chi connectivity index (χ2n) is 5.99. The van der Waals surface area contributed by atoms with Crippen molar-refractivity contribution < 1.29 is 23.5 Å². The van der Waals surface area contributed by atoms with Crippen LogP contribution in [0.15, 0.2) is 48.5 Å². The molecule has 1 unspecified atom stereocenters. The molecule has 0 aromatic heterocycles. The summed E-state index contributed by atoms with van der Waals surface area (Å²) in [6.45, 7) is 2.08. The van der Waals surface area contributed by atoms with E-state index < -0.39 is 6.04 Å². The van der Waals surface area contributed by atoms with E-state index in [2.05, 4.69) is 10.6 Å². The number of carbonyl (C=O) groups is 2. The van der Waals surface area contributed by atoms with E-state index >= 15 is 0 Å². The molecular weight excluding hydrogens is 351 g/mol. The Labute approximate surface area is 157 Å². The SMILES string of the molecule is COCC(NC(C)=O)C(=O)NCc1ccc(COc2cccc(F)c2)cc1. The van der Waals surface area contributed by atoms with Gasteiger partial charge in [-0.3, -0.25) is 9.59 Å². The molecule has 0 aliphatic heterocycles. The topological polar surface area (TPSA) is 76.7 Å². The van der Waals surface area contributed by atoms with E-state index in [1.165, 1.54) is 26.2 Å². The van der Waals surface area contributed by atoms with Gasteiger partial charge in [-0.05, 0) is 23.3 Å². The van der Waals surface area contributed by atoms with Crippen molar-refractivity contribution in [3.63, 3.8) is 0 Å². The quantitative estimate of drug-likeness (QED) is 0.705. The van der Waals surface area contributed by atoms with Crippen LogP contribution in [0.1, 0.15) is 18.1 Å². The molecule has 0 aliphatic rings. The second kappa shape index (κ2) is 10.3. The lowest BCUT2D eigenvalue weighted by Gasteiger charge is -2.16. The molecule has 0 heterocycles. The number of ether oxygens (including phenoxy) is 2. The summed E-state index contributed by atoms with van der Waals surface area (Å²) >= 11 is 0. The third-order valence-electron chi connectivity index (χ3n) is 3.72. The maximum Gasteiger partial charge on any atom is 0.245 e. The first-order valence-corrected chi connectivity index (χ1v) is 8.48. The van der Waals surface area contributed by atoms with E-state index in [4.69, 9.17) is 9.47 Å². The van der Waals surface area contributed by atoms with E-state index in [0.29, 0.717) is 18.9 Å². The molecule has 0 saturated heterocycles. The summed E-state index contributed by atoms with van der Waals surface area (Å²) in [6, 6.07) is 12.7. The van der Waals surface area contributed by atoms with Crippen LogP contribution >= 0.6 is 0 Å². The van der Waals surface area contributed by atoms with Crippen LogP contribution in [0.4, 0.5) is 4.39 Å². The number of halogens is 1. The Hall–Kier alpha value is -2.93. The van der Waals surface area contributed by atoms with E-state index in [1.54, 1.807) is 12.1 Å². The predicted molar refractivity (Wildman–Crippen MR) is 98.5 cm³/mol. The minimum Gasteiger partial charge on any atom is -0.489 e. The molecule has 6 nitrogen and oxygen atoms in total. The van der Waals surface area contributed by atoms with Crippen LogP contribution in [0, 0.1) is 5.82 Å². The van der Waals surface area contributed by atoms with Gasteiger partial charge in [0.15, 0.2) is 0 Å². The van der Waals surface area contributed by atoms with Gasteiger partial charge in [0.25, 0.3) is 0 Å². The third-order valence-corrected chi connectivity index (χ3v) is 3.72. The summed E-state index contributed by atoms with van der Waals surface area (Å²) in [5.74, 6) is -0.487. The van der Waals surface area contributed by atoms with Crippen molar-refractivity contribution in [1.29, 1.82) is 0 Å². The summed E-state index contributed by atoms with van der Waals surface area (Å²) in [4.78, 5) is 23.3. The van der Waals surface area contributed by atoms with Crippen molar-refractivity contribution >= 4 is 11.8 Å². The average molecular weight is 374 g/mol. The summed E-state index contributed by atoms with van der Waals surface area (Å²) in [7, 11) is 1.47. The van der Waals surface area contributed by atoms with Gasteiger partial charge in [0.05, 0.1) is 6.61 Å². The fourth-order valence-corrected chi connectivity index (χ4v) is 2.38. The van der Waals surface area contributed by atoms with Gasteiger partial charge >= 0.3 is 0 Å². The zero-order chi connectivity index (χ0) is 19.6. The number of benzene rings is 2. The Balaban J connectivity index is 1.84. The van der Waals surface area contributed by atoms with Crippen molar-refractivity contribution in [2.24, 2.45) is 0 Å². The van der Waals surface area contributed by atoms with Gasteiger partial charge in [-0.2, -0.15) is 0 Å². The number of methoxy groups -OCH3 is 1. The van der Waals surface area contributed by atoms with Crippen molar-refractivity contribution in [3.05, 3.63) is 65.5 Å². The number of hydrogen-bond donors (Lipinski definition) is 2. The number of amides is 2. The van der Waals surface area contributed by atoms with E-state index in [0.717, 1.165) is 11.1 Å². The highest BCUT2D eigenvalue weighted by Gasteiger charge is 2.18. The lowest BCUT2D eigenvalue weighted by molar-refractivity contribution is -0.129. The molecule has 0 saturated carbocycles. The highest BCUT2D eigenvalue weighted by molar-refractivity contribution is 5.86. The van der Waals surface area contributed by atoms with Gasteiger partial charge in [-0.15, -0.1) is 0 Å². The first-order chi connectivity index (χ1) is 13.0. The smallest absolute Gasteiger partial charge is 0.245 e. The van der Waals surface area contributed by atoms with Gasteiger partial charge in [-0.25, -0.2) is 4.39 Å². The monoisotopic (exact) mass is 374 g/mol. The molecule has 0 fully saturated rings. The van der Waals surface area contributed by atoms with Gasteiger partial charge in [0, 0.05) is 26.6 Å². The van der Waals surface area contributed by atoms with Crippen LogP contribution in [-0.2, 0) is 27.5 Å². The van der Waals surface area contributed by atoms with E-state index in [-0.39, 0.29) is 24.2 Å². The maximum atomic E-state index is 13.1. The summed E-state index contributed by atoms with van der Waals surface area (Å²) < 4.78 is 23.6. The van der Waals surface area contributed by atoms with Crippen LogP contribution in [0.5, 0.6) is 5.75 Å². The molecule has 0 spiro atoms. The Bertz CT molecular complexity index is 765. The van der Waals surface area contributed by atoms with Gasteiger partial charge < -0.3 is 20.1 Å². The highest BCUT2D eigenvalue weighted by Crippen LogP contribution is 2.14. The number of hydrogen-bond acceptors (Lipinski definition) is 4. The van der Waals surface area contributed by atoms with Crippen LogP contribution in [0.25, 0.3) is 0 Å². The molecule has 0 aliphatic carbocycles. The predicted octanol–water partition coefficient (Wildman–Crippen LogP) is 2.17. The third kappa shape index (κ3) is 7.07. The summed E-state index contributed by atoms with van der Waals surface area (Å²) in [6.07, 6.45) is 0. The molecule has 2 aromatic rings. The molecule has 144 valence electrons. The van der Waals surface area contributed by atoms with Gasteiger partial charge in [-0.1, -0.05) is 30.3 Å². The van der Waals surface area contributed by atoms with Crippen molar-refractivity contribution in [1.82, 2.24) is 10.6 Å². The molecule has 0 radical (unpaired) electrons. The molecule has 0 bridgehead atoms. The largest absolute Gasteiger partial charge is 0.489 e. The fraction of sp³-hybridized carbons (Fsp3) is 0.300. The Morgan fingerprint density at radius 2 is 1.81 bits per heavy atom. The maximum absolute atomic E-state index is 13.1. The van der Waals surface area contributed by atoms with Crippen molar-refractivity contribution in [2.45, 2.75) is 26.1 Å². The fourth-order valence-electron chi connectivity index (χ4n) is 2.38. The van der Waals surface area contributed by atoms with Crippen molar-refractivity contribution in [3.8, 4) is 5.75 Å². The first kappa shape index (κ1) is 20.4. The normalized spacial score (nSPS) is 11.5. The highest BCUT2D eigenvalue weighted by atomic mass is 19.1. The Morgan fingerprint density at radius 3 is 2.44 bits per heavy atom. The minimum atomic E-state index is -0.730. The molecule has 2 N–H and O–H groups in total. The van der Waals surface area contributed by atoms with Crippen LogP contribution in [-0.4, -0.2) is 31.6 Å². The van der Waals surface area contributed by atoms with E-state index in [9.17, 15) is 14.0 Å². The zero-order valence-electron chi connectivity index (χ0n) is 15.3. The van der Waals surface area contributed by atoms with Crippen molar-refractivity contribution in [2.75, 3.05) is 13.7 Å². The van der Waals surface area contributed by atoms with E-state index in [1.807, 2.05) is 24.3 Å². The molecule has 1 atom stereocenters. The lowest BCUT2D eigenvalue weighted by atomic mass is 10.1. The summed E-state index contributed by atoms with van der Waals surface area (Å²) in [5, 5.41) is 5.31. The minimum absolute atomic E-state index is 0.0990. The lowest BCUT2D eigenvalue weighted by Crippen LogP contribution is -2.48. The number of rotatable bonds is 9. The zero-order valence-corrected chi connectivity index (χ0v) is 15.3. The summed E-state index contributed by atoms with van der Waals surface area (Å²) in [5.41, 5.74) is 1.82. The van der Waals surface area contributed by atoms with Gasteiger partial charge in [0.1, 0.15) is 24.2 Å². The molecule has 2 rings (SSSR count).